The van der Waals surface area contributed by atoms with E-state index in [1.807, 2.05) is 0 Å². The zero-order chi connectivity index (χ0) is 15.9. The van der Waals surface area contributed by atoms with Gasteiger partial charge in [-0.2, -0.15) is 0 Å². The molecule has 2 unspecified atom stereocenters. The number of nitrogens with two attached hydrogens (primary N) is 1. The number of ether oxygens (including phenoxy) is 1. The number of likely N-dealkylation sites (tertiary alicyclic amines) is 1. The predicted octanol–water partition coefficient (Wildman–Crippen LogP) is 2.45. The summed E-state index contributed by atoms with van der Waals surface area (Å²) in [5, 5.41) is 5.08. The minimum Gasteiger partial charge on any atom is -0.383 e. The minimum absolute atomic E-state index is 0. The van der Waals surface area contributed by atoms with Crippen LogP contribution in [-0.4, -0.2) is 50.2 Å². The summed E-state index contributed by atoms with van der Waals surface area (Å²) in [6, 6.07) is 3.86. The van der Waals surface area contributed by atoms with Crippen LogP contribution in [0.4, 0.5) is 0 Å². The van der Waals surface area contributed by atoms with Crippen molar-refractivity contribution in [3.8, 4) is 0 Å². The van der Waals surface area contributed by atoms with E-state index in [4.69, 9.17) is 10.5 Å². The van der Waals surface area contributed by atoms with Gasteiger partial charge in [0, 0.05) is 18.5 Å². The molecule has 0 aliphatic carbocycles. The fourth-order valence-corrected chi connectivity index (χ4v) is 3.68. The number of nitrogens with one attached hydrogen (secondary N) is 1. The standard InChI is InChI=1S/C16H27N3O2S.2ClH/c1-12-5-7-19(8-6-12)14(15-4-3-9-22-15)10-18-16(20)13(17)11-21-2;;/h3-4,9,12-14H,5-8,10-11,17H2,1-2H3,(H,18,20);2*1H. The lowest BCUT2D eigenvalue weighted by molar-refractivity contribution is -0.123. The summed E-state index contributed by atoms with van der Waals surface area (Å²) in [5.74, 6) is 0.652. The number of rotatable bonds is 7. The van der Waals surface area contributed by atoms with Gasteiger partial charge in [0.2, 0.25) is 5.91 Å². The highest BCUT2D eigenvalue weighted by Gasteiger charge is 2.26. The lowest BCUT2D eigenvalue weighted by Gasteiger charge is -2.36. The van der Waals surface area contributed by atoms with Gasteiger partial charge in [-0.25, -0.2) is 0 Å². The highest BCUT2D eigenvalue weighted by Crippen LogP contribution is 2.29. The maximum atomic E-state index is 12.0. The summed E-state index contributed by atoms with van der Waals surface area (Å²) >= 11 is 1.75. The number of carbonyl (C=O) groups is 1. The SMILES string of the molecule is COCC(N)C(=O)NCC(c1cccs1)N1CCC(C)CC1.Cl.Cl. The molecule has 140 valence electrons. The van der Waals surface area contributed by atoms with Crippen LogP contribution in [0.15, 0.2) is 17.5 Å². The summed E-state index contributed by atoms with van der Waals surface area (Å²) < 4.78 is 4.94. The second-order valence-electron chi connectivity index (χ2n) is 6.06. The Kier molecular flexibility index (Phi) is 11.9. The fraction of sp³-hybridized carbons (Fsp3) is 0.688. The van der Waals surface area contributed by atoms with Gasteiger partial charge in [-0.3, -0.25) is 9.69 Å². The summed E-state index contributed by atoms with van der Waals surface area (Å²) in [7, 11) is 1.55. The first kappa shape index (κ1) is 23.6. The second-order valence-corrected chi connectivity index (χ2v) is 7.04. The normalized spacial score (nSPS) is 18.1. The smallest absolute Gasteiger partial charge is 0.239 e. The first-order valence-electron chi connectivity index (χ1n) is 7.91. The highest BCUT2D eigenvalue weighted by molar-refractivity contribution is 7.10. The Bertz CT molecular complexity index is 454. The summed E-state index contributed by atoms with van der Waals surface area (Å²) in [6.45, 7) is 5.33. The molecule has 1 aliphatic rings. The van der Waals surface area contributed by atoms with Crippen LogP contribution in [0.25, 0.3) is 0 Å². The van der Waals surface area contributed by atoms with E-state index in [2.05, 4.69) is 34.7 Å². The Balaban J connectivity index is 0.00000264. The maximum Gasteiger partial charge on any atom is 0.239 e. The van der Waals surface area contributed by atoms with Crippen molar-refractivity contribution in [2.24, 2.45) is 11.7 Å². The van der Waals surface area contributed by atoms with E-state index in [1.165, 1.54) is 17.7 Å². The quantitative estimate of drug-likeness (QED) is 0.741. The average molecular weight is 398 g/mol. The number of piperidine rings is 1. The number of methoxy groups -OCH3 is 1. The average Bonchev–Trinajstić information content (AvgIpc) is 3.03. The van der Waals surface area contributed by atoms with Crippen molar-refractivity contribution >= 4 is 42.1 Å². The molecule has 1 amide bonds. The van der Waals surface area contributed by atoms with Crippen LogP contribution >= 0.6 is 36.2 Å². The summed E-state index contributed by atoms with van der Waals surface area (Å²) in [5.41, 5.74) is 5.78. The molecular weight excluding hydrogens is 369 g/mol. The molecular formula is C16H29Cl2N3O2S. The van der Waals surface area contributed by atoms with E-state index in [9.17, 15) is 4.79 Å². The van der Waals surface area contributed by atoms with Crippen molar-refractivity contribution in [2.45, 2.75) is 31.8 Å². The van der Waals surface area contributed by atoms with E-state index in [0.29, 0.717) is 6.54 Å². The highest BCUT2D eigenvalue weighted by atomic mass is 35.5. The molecule has 24 heavy (non-hydrogen) atoms. The molecule has 0 aromatic carbocycles. The molecule has 1 aromatic rings. The molecule has 1 fully saturated rings. The fourth-order valence-electron chi connectivity index (χ4n) is 2.81. The van der Waals surface area contributed by atoms with Crippen molar-refractivity contribution in [2.75, 3.05) is 33.4 Å². The van der Waals surface area contributed by atoms with Crippen molar-refractivity contribution in [1.82, 2.24) is 10.2 Å². The van der Waals surface area contributed by atoms with Gasteiger partial charge in [-0.05, 0) is 43.3 Å². The van der Waals surface area contributed by atoms with Crippen LogP contribution in [0.3, 0.4) is 0 Å². The lowest BCUT2D eigenvalue weighted by Crippen LogP contribution is -2.47. The van der Waals surface area contributed by atoms with E-state index >= 15 is 0 Å². The number of carbonyl (C=O) groups excluding carboxylic acids is 1. The van der Waals surface area contributed by atoms with E-state index in [-0.39, 0.29) is 43.4 Å². The summed E-state index contributed by atoms with van der Waals surface area (Å²) in [4.78, 5) is 15.8. The van der Waals surface area contributed by atoms with Crippen molar-refractivity contribution in [1.29, 1.82) is 0 Å². The van der Waals surface area contributed by atoms with Crippen LogP contribution in [-0.2, 0) is 9.53 Å². The number of halogens is 2. The Morgan fingerprint density at radius 1 is 1.46 bits per heavy atom. The molecule has 1 aliphatic heterocycles. The molecule has 1 aromatic heterocycles. The molecule has 1 saturated heterocycles. The van der Waals surface area contributed by atoms with Gasteiger partial charge in [-0.1, -0.05) is 13.0 Å². The first-order valence-corrected chi connectivity index (χ1v) is 8.79. The van der Waals surface area contributed by atoms with Crippen LogP contribution in [0.5, 0.6) is 0 Å². The third-order valence-corrected chi connectivity index (χ3v) is 5.26. The monoisotopic (exact) mass is 397 g/mol. The molecule has 2 atom stereocenters. The Morgan fingerprint density at radius 3 is 2.67 bits per heavy atom. The molecule has 8 heteroatoms. The number of hydrogen-bond donors (Lipinski definition) is 2. The molecule has 2 heterocycles. The van der Waals surface area contributed by atoms with Gasteiger partial charge in [0.25, 0.3) is 0 Å². The van der Waals surface area contributed by atoms with Crippen molar-refractivity contribution in [3.63, 3.8) is 0 Å². The van der Waals surface area contributed by atoms with Crippen LogP contribution < -0.4 is 11.1 Å². The van der Waals surface area contributed by atoms with E-state index < -0.39 is 6.04 Å². The molecule has 0 radical (unpaired) electrons. The lowest BCUT2D eigenvalue weighted by atomic mass is 9.97. The second kappa shape index (κ2) is 12.1. The maximum absolute atomic E-state index is 12.0. The summed E-state index contributed by atoms with van der Waals surface area (Å²) in [6.07, 6.45) is 2.44. The predicted molar refractivity (Wildman–Crippen MR) is 104 cm³/mol. The van der Waals surface area contributed by atoms with Crippen LogP contribution in [0.2, 0.25) is 0 Å². The molecule has 2 rings (SSSR count). The molecule has 5 nitrogen and oxygen atoms in total. The first-order chi connectivity index (χ1) is 10.6. The zero-order valence-electron chi connectivity index (χ0n) is 14.3. The topological polar surface area (TPSA) is 67.6 Å². The van der Waals surface area contributed by atoms with Crippen LogP contribution in [0, 0.1) is 5.92 Å². The van der Waals surface area contributed by atoms with Gasteiger partial charge in [-0.15, -0.1) is 36.2 Å². The Hall–Kier alpha value is -0.370. The van der Waals surface area contributed by atoms with Crippen LogP contribution in [0.1, 0.15) is 30.7 Å². The number of nitrogens with zero attached hydrogens (tertiary/aromatic N) is 1. The van der Waals surface area contributed by atoms with E-state index in [0.717, 1.165) is 19.0 Å². The van der Waals surface area contributed by atoms with Gasteiger partial charge in [0.05, 0.1) is 12.6 Å². The number of thiophene rings is 1. The van der Waals surface area contributed by atoms with E-state index in [1.54, 1.807) is 18.4 Å². The van der Waals surface area contributed by atoms with Crippen molar-refractivity contribution < 1.29 is 9.53 Å². The third kappa shape index (κ3) is 6.86. The van der Waals surface area contributed by atoms with Gasteiger partial charge in [0.1, 0.15) is 6.04 Å². The molecule has 0 saturated carbocycles. The van der Waals surface area contributed by atoms with Gasteiger partial charge >= 0.3 is 0 Å². The van der Waals surface area contributed by atoms with Gasteiger partial charge in [0.15, 0.2) is 0 Å². The third-order valence-electron chi connectivity index (χ3n) is 4.28. The molecule has 0 spiro atoms. The van der Waals surface area contributed by atoms with Crippen molar-refractivity contribution in [3.05, 3.63) is 22.4 Å². The Labute approximate surface area is 161 Å². The number of hydrogen-bond acceptors (Lipinski definition) is 5. The molecule has 0 bridgehead atoms. The Morgan fingerprint density at radius 2 is 2.12 bits per heavy atom. The number of amides is 1. The van der Waals surface area contributed by atoms with Gasteiger partial charge < -0.3 is 15.8 Å². The minimum atomic E-state index is -0.602. The zero-order valence-corrected chi connectivity index (χ0v) is 16.7. The largest absolute Gasteiger partial charge is 0.383 e. The molecule has 3 N–H and O–H groups in total.